The standard InChI is InChI=1S/C14H15F3O3/c1-3-4-9(7-13(18)19)11-8-10(14(15,16)17)5-6-12(11)20-2/h5-8H,3-4H2,1-2H3,(H,18,19)/b9-7+. The molecule has 0 heterocycles. The number of carboxylic acid groups (broad SMARTS) is 1. The van der Waals surface area contributed by atoms with Gasteiger partial charge in [0.15, 0.2) is 0 Å². The number of alkyl halides is 3. The molecule has 1 aromatic rings. The molecule has 0 fully saturated rings. The van der Waals surface area contributed by atoms with E-state index in [1.807, 2.05) is 6.92 Å². The first-order valence-corrected chi connectivity index (χ1v) is 5.98. The van der Waals surface area contributed by atoms with Gasteiger partial charge >= 0.3 is 12.1 Å². The molecule has 110 valence electrons. The van der Waals surface area contributed by atoms with E-state index in [4.69, 9.17) is 9.84 Å². The normalized spacial score (nSPS) is 12.3. The molecular weight excluding hydrogens is 273 g/mol. The number of ether oxygens (including phenoxy) is 1. The Balaban J connectivity index is 3.41. The molecule has 0 aliphatic carbocycles. The molecule has 0 amide bonds. The van der Waals surface area contributed by atoms with Gasteiger partial charge in [0, 0.05) is 11.6 Å². The van der Waals surface area contributed by atoms with Crippen molar-refractivity contribution in [3.63, 3.8) is 0 Å². The van der Waals surface area contributed by atoms with Crippen LogP contribution in [0.4, 0.5) is 13.2 Å². The van der Waals surface area contributed by atoms with Gasteiger partial charge in [-0.25, -0.2) is 4.79 Å². The largest absolute Gasteiger partial charge is 0.496 e. The first-order chi connectivity index (χ1) is 9.29. The van der Waals surface area contributed by atoms with Gasteiger partial charge in [0.1, 0.15) is 5.75 Å². The molecule has 0 atom stereocenters. The lowest BCUT2D eigenvalue weighted by Gasteiger charge is -2.14. The summed E-state index contributed by atoms with van der Waals surface area (Å²) < 4.78 is 43.2. The maximum Gasteiger partial charge on any atom is 0.416 e. The maximum absolute atomic E-state index is 12.7. The van der Waals surface area contributed by atoms with Gasteiger partial charge in [-0.05, 0) is 30.2 Å². The van der Waals surface area contributed by atoms with Crippen molar-refractivity contribution in [3.8, 4) is 5.75 Å². The Morgan fingerprint density at radius 1 is 1.40 bits per heavy atom. The smallest absolute Gasteiger partial charge is 0.416 e. The van der Waals surface area contributed by atoms with Crippen molar-refractivity contribution >= 4 is 11.5 Å². The SMILES string of the molecule is CCC/C(=C\C(=O)O)c1cc(C(F)(F)F)ccc1OC. The van der Waals surface area contributed by atoms with Crippen LogP contribution < -0.4 is 4.74 Å². The highest BCUT2D eigenvalue weighted by Crippen LogP contribution is 2.36. The molecule has 1 rings (SSSR count). The Hall–Kier alpha value is -1.98. The highest BCUT2D eigenvalue weighted by Gasteiger charge is 2.31. The summed E-state index contributed by atoms with van der Waals surface area (Å²) in [5.74, 6) is -0.980. The van der Waals surface area contributed by atoms with Crippen molar-refractivity contribution in [2.24, 2.45) is 0 Å². The molecule has 1 aromatic carbocycles. The minimum absolute atomic E-state index is 0.159. The average Bonchev–Trinajstić information content (AvgIpc) is 2.36. The lowest BCUT2D eigenvalue weighted by atomic mass is 9.97. The number of benzene rings is 1. The van der Waals surface area contributed by atoms with Crippen molar-refractivity contribution in [2.45, 2.75) is 25.9 Å². The number of aliphatic carboxylic acids is 1. The minimum Gasteiger partial charge on any atom is -0.496 e. The second-order valence-corrected chi connectivity index (χ2v) is 4.17. The summed E-state index contributed by atoms with van der Waals surface area (Å²) in [5.41, 5.74) is -0.366. The number of hydrogen-bond acceptors (Lipinski definition) is 2. The number of rotatable bonds is 5. The van der Waals surface area contributed by atoms with Gasteiger partial charge in [0.25, 0.3) is 0 Å². The number of carbonyl (C=O) groups is 1. The lowest BCUT2D eigenvalue weighted by Crippen LogP contribution is -2.06. The Morgan fingerprint density at radius 2 is 2.05 bits per heavy atom. The summed E-state index contributed by atoms with van der Waals surface area (Å²) in [4.78, 5) is 10.8. The van der Waals surface area contributed by atoms with E-state index in [1.165, 1.54) is 13.2 Å². The quantitative estimate of drug-likeness (QED) is 0.833. The first kappa shape index (κ1) is 16.1. The molecule has 0 aromatic heterocycles. The van der Waals surface area contributed by atoms with Crippen LogP contribution in [0, 0.1) is 0 Å². The molecule has 0 saturated carbocycles. The van der Waals surface area contributed by atoms with Gasteiger partial charge in [-0.1, -0.05) is 13.3 Å². The first-order valence-electron chi connectivity index (χ1n) is 5.98. The third-order valence-corrected chi connectivity index (χ3v) is 2.69. The number of carboxylic acids is 1. The molecule has 20 heavy (non-hydrogen) atoms. The molecule has 0 radical (unpaired) electrons. The molecule has 0 bridgehead atoms. The second kappa shape index (κ2) is 6.45. The van der Waals surface area contributed by atoms with E-state index in [2.05, 4.69) is 0 Å². The Morgan fingerprint density at radius 3 is 2.50 bits per heavy atom. The molecule has 0 spiro atoms. The van der Waals surface area contributed by atoms with E-state index < -0.39 is 17.7 Å². The van der Waals surface area contributed by atoms with Crippen molar-refractivity contribution in [2.75, 3.05) is 7.11 Å². The predicted molar refractivity (Wildman–Crippen MR) is 68.5 cm³/mol. The van der Waals surface area contributed by atoms with Gasteiger partial charge in [-0.2, -0.15) is 13.2 Å². The van der Waals surface area contributed by atoms with Crippen molar-refractivity contribution in [1.82, 2.24) is 0 Å². The maximum atomic E-state index is 12.7. The molecule has 0 saturated heterocycles. The summed E-state index contributed by atoms with van der Waals surface area (Å²) in [5, 5.41) is 8.83. The van der Waals surface area contributed by atoms with Crippen LogP contribution in [-0.2, 0) is 11.0 Å². The molecule has 3 nitrogen and oxygen atoms in total. The monoisotopic (exact) mass is 288 g/mol. The molecule has 6 heteroatoms. The topological polar surface area (TPSA) is 46.5 Å². The lowest BCUT2D eigenvalue weighted by molar-refractivity contribution is -0.137. The zero-order valence-corrected chi connectivity index (χ0v) is 11.1. The molecule has 1 N–H and O–H groups in total. The Bertz CT molecular complexity index is 519. The van der Waals surface area contributed by atoms with Crippen LogP contribution in [0.1, 0.15) is 30.9 Å². The summed E-state index contributed by atoms with van der Waals surface area (Å²) in [6.45, 7) is 1.82. The van der Waals surface area contributed by atoms with E-state index in [0.29, 0.717) is 18.4 Å². The van der Waals surface area contributed by atoms with Crippen LogP contribution in [0.25, 0.3) is 5.57 Å². The molecule has 0 aliphatic rings. The van der Waals surface area contributed by atoms with E-state index in [1.54, 1.807) is 0 Å². The summed E-state index contributed by atoms with van der Waals surface area (Å²) >= 11 is 0. The zero-order valence-electron chi connectivity index (χ0n) is 11.1. The average molecular weight is 288 g/mol. The van der Waals surface area contributed by atoms with E-state index >= 15 is 0 Å². The molecule has 0 unspecified atom stereocenters. The molecule has 0 aliphatic heterocycles. The fraction of sp³-hybridized carbons (Fsp3) is 0.357. The van der Waals surface area contributed by atoms with E-state index in [9.17, 15) is 18.0 Å². The summed E-state index contributed by atoms with van der Waals surface area (Å²) in [6, 6.07) is 3.03. The number of hydrogen-bond donors (Lipinski definition) is 1. The van der Waals surface area contributed by atoms with Crippen molar-refractivity contribution < 1.29 is 27.8 Å². The minimum atomic E-state index is -4.48. The zero-order chi connectivity index (χ0) is 15.3. The second-order valence-electron chi connectivity index (χ2n) is 4.17. The van der Waals surface area contributed by atoms with Crippen LogP contribution in [0.15, 0.2) is 24.3 Å². The summed E-state index contributed by atoms with van der Waals surface area (Å²) in [6.07, 6.45) is -2.61. The third-order valence-electron chi connectivity index (χ3n) is 2.69. The summed E-state index contributed by atoms with van der Waals surface area (Å²) in [7, 11) is 1.33. The van der Waals surface area contributed by atoms with Crippen LogP contribution in [0.5, 0.6) is 5.75 Å². The fourth-order valence-corrected chi connectivity index (χ4v) is 1.84. The molecular formula is C14H15F3O3. The number of halogens is 3. The van der Waals surface area contributed by atoms with Gasteiger partial charge in [0.2, 0.25) is 0 Å². The number of methoxy groups -OCH3 is 1. The van der Waals surface area contributed by atoms with Crippen LogP contribution in [0.2, 0.25) is 0 Å². The Kier molecular flexibility index (Phi) is 5.19. The van der Waals surface area contributed by atoms with Gasteiger partial charge in [-0.3, -0.25) is 0 Å². The van der Waals surface area contributed by atoms with Gasteiger partial charge in [0.05, 0.1) is 12.7 Å². The van der Waals surface area contributed by atoms with Crippen molar-refractivity contribution in [1.29, 1.82) is 0 Å². The fourth-order valence-electron chi connectivity index (χ4n) is 1.84. The van der Waals surface area contributed by atoms with Gasteiger partial charge in [-0.15, -0.1) is 0 Å². The van der Waals surface area contributed by atoms with E-state index in [0.717, 1.165) is 18.2 Å². The van der Waals surface area contributed by atoms with Gasteiger partial charge < -0.3 is 9.84 Å². The van der Waals surface area contributed by atoms with Crippen molar-refractivity contribution in [3.05, 3.63) is 35.4 Å². The third kappa shape index (κ3) is 4.01. The van der Waals surface area contributed by atoms with Crippen LogP contribution in [0.3, 0.4) is 0 Å². The highest BCUT2D eigenvalue weighted by atomic mass is 19.4. The predicted octanol–water partition coefficient (Wildman–Crippen LogP) is 3.98. The highest BCUT2D eigenvalue weighted by molar-refractivity contribution is 5.91. The van der Waals surface area contributed by atoms with Crippen LogP contribution >= 0.6 is 0 Å². The van der Waals surface area contributed by atoms with E-state index in [-0.39, 0.29) is 11.3 Å². The van der Waals surface area contributed by atoms with Crippen LogP contribution in [-0.4, -0.2) is 18.2 Å². The number of allylic oxidation sites excluding steroid dienone is 1. The Labute approximate surface area is 114 Å².